The first-order chi connectivity index (χ1) is 8.92. The smallest absolute Gasteiger partial charge is 0.0798 e. The van der Waals surface area contributed by atoms with Crippen molar-refractivity contribution in [3.05, 3.63) is 35.9 Å². The molecule has 0 amide bonds. The van der Waals surface area contributed by atoms with Gasteiger partial charge in [-0.25, -0.2) is 0 Å². The van der Waals surface area contributed by atoms with Crippen LogP contribution in [0.4, 0.5) is 0 Å². The molecule has 1 heterocycles. The summed E-state index contributed by atoms with van der Waals surface area (Å²) in [6, 6.07) is 0.261. The lowest BCUT2D eigenvalue weighted by Crippen LogP contribution is -2.25. The van der Waals surface area contributed by atoms with Crippen LogP contribution in [0.5, 0.6) is 0 Å². The first-order valence-corrected chi connectivity index (χ1v) is 7.10. The number of allylic oxidation sites excluding steroid dienone is 1. The maximum atomic E-state index is 4.47. The van der Waals surface area contributed by atoms with Crippen LogP contribution in [-0.2, 0) is 0 Å². The standard InChI is InChI=1S/C15H23N3/c1-2-9-18-15(14-12-16-10-11-17-14)13-7-5-3-4-6-8-13/h7,10-12,15,18H,2-6,8-9H2,1H3. The van der Waals surface area contributed by atoms with Crippen molar-refractivity contribution in [3.8, 4) is 0 Å². The molecule has 0 saturated heterocycles. The van der Waals surface area contributed by atoms with E-state index < -0.39 is 0 Å². The van der Waals surface area contributed by atoms with Gasteiger partial charge in [0.25, 0.3) is 0 Å². The van der Waals surface area contributed by atoms with Gasteiger partial charge < -0.3 is 5.32 Å². The van der Waals surface area contributed by atoms with Gasteiger partial charge in [-0.2, -0.15) is 0 Å². The van der Waals surface area contributed by atoms with Gasteiger partial charge in [0.05, 0.1) is 17.9 Å². The second-order valence-corrected chi connectivity index (χ2v) is 4.90. The zero-order valence-electron chi connectivity index (χ0n) is 11.2. The molecule has 18 heavy (non-hydrogen) atoms. The van der Waals surface area contributed by atoms with E-state index in [-0.39, 0.29) is 6.04 Å². The number of nitrogens with one attached hydrogen (secondary N) is 1. The Kier molecular flexibility index (Phi) is 5.34. The van der Waals surface area contributed by atoms with Crippen LogP contribution < -0.4 is 5.32 Å². The van der Waals surface area contributed by atoms with Crippen molar-refractivity contribution in [2.75, 3.05) is 6.54 Å². The third-order valence-electron chi connectivity index (χ3n) is 3.42. The Labute approximate surface area is 110 Å². The molecule has 1 aromatic rings. The van der Waals surface area contributed by atoms with Gasteiger partial charge in [-0.05, 0) is 38.6 Å². The van der Waals surface area contributed by atoms with E-state index in [0.29, 0.717) is 0 Å². The van der Waals surface area contributed by atoms with Crippen LogP contribution in [0.15, 0.2) is 30.2 Å². The van der Waals surface area contributed by atoms with Gasteiger partial charge in [0.1, 0.15) is 0 Å². The SMILES string of the molecule is CCCNC(C1=CCCCCC1)c1cnccn1. The molecule has 3 nitrogen and oxygen atoms in total. The topological polar surface area (TPSA) is 37.8 Å². The van der Waals surface area contributed by atoms with E-state index in [1.807, 2.05) is 6.20 Å². The Bertz CT molecular complexity index is 373. The fourth-order valence-electron chi connectivity index (χ4n) is 2.48. The fraction of sp³-hybridized carbons (Fsp3) is 0.600. The predicted molar refractivity (Wildman–Crippen MR) is 74.2 cm³/mol. The lowest BCUT2D eigenvalue weighted by molar-refractivity contribution is 0.554. The van der Waals surface area contributed by atoms with Crippen LogP contribution >= 0.6 is 0 Å². The predicted octanol–water partition coefficient (Wildman–Crippen LogP) is 3.41. The summed E-state index contributed by atoms with van der Waals surface area (Å²) in [5.74, 6) is 0. The molecule has 0 spiro atoms. The normalized spacial score (nSPS) is 17.9. The van der Waals surface area contributed by atoms with Crippen LogP contribution in [0.1, 0.15) is 57.2 Å². The minimum Gasteiger partial charge on any atom is -0.305 e. The van der Waals surface area contributed by atoms with Crippen molar-refractivity contribution in [1.82, 2.24) is 15.3 Å². The Morgan fingerprint density at radius 3 is 3.00 bits per heavy atom. The third-order valence-corrected chi connectivity index (χ3v) is 3.42. The molecule has 98 valence electrons. The summed E-state index contributed by atoms with van der Waals surface area (Å²) in [4.78, 5) is 8.67. The summed E-state index contributed by atoms with van der Waals surface area (Å²) < 4.78 is 0. The number of aromatic nitrogens is 2. The molecular weight excluding hydrogens is 222 g/mol. The minimum atomic E-state index is 0.261. The lowest BCUT2D eigenvalue weighted by Gasteiger charge is -2.20. The molecule has 0 bridgehead atoms. The quantitative estimate of drug-likeness (QED) is 0.808. The molecule has 1 atom stereocenters. The Balaban J connectivity index is 2.16. The number of hydrogen-bond acceptors (Lipinski definition) is 3. The van der Waals surface area contributed by atoms with Crippen molar-refractivity contribution < 1.29 is 0 Å². The maximum absolute atomic E-state index is 4.47. The Morgan fingerprint density at radius 1 is 1.28 bits per heavy atom. The van der Waals surface area contributed by atoms with Gasteiger partial charge in [0.15, 0.2) is 0 Å². The van der Waals surface area contributed by atoms with E-state index in [1.54, 1.807) is 12.4 Å². The average Bonchev–Trinajstić information content (AvgIpc) is 2.70. The molecule has 0 aliphatic heterocycles. The molecule has 0 aromatic carbocycles. The van der Waals surface area contributed by atoms with Crippen molar-refractivity contribution in [2.45, 2.75) is 51.5 Å². The van der Waals surface area contributed by atoms with Crippen LogP contribution in [0.3, 0.4) is 0 Å². The van der Waals surface area contributed by atoms with Gasteiger partial charge in [-0.1, -0.05) is 25.0 Å². The molecular formula is C15H23N3. The van der Waals surface area contributed by atoms with E-state index in [4.69, 9.17) is 0 Å². The van der Waals surface area contributed by atoms with E-state index in [0.717, 1.165) is 18.7 Å². The van der Waals surface area contributed by atoms with E-state index in [1.165, 1.54) is 37.7 Å². The summed E-state index contributed by atoms with van der Waals surface area (Å²) in [5, 5.41) is 3.61. The summed E-state index contributed by atoms with van der Waals surface area (Å²) in [7, 11) is 0. The second-order valence-electron chi connectivity index (χ2n) is 4.90. The highest BCUT2D eigenvalue weighted by Crippen LogP contribution is 2.27. The second kappa shape index (κ2) is 7.27. The Morgan fingerprint density at radius 2 is 2.22 bits per heavy atom. The maximum Gasteiger partial charge on any atom is 0.0798 e. The minimum absolute atomic E-state index is 0.261. The zero-order chi connectivity index (χ0) is 12.6. The fourth-order valence-corrected chi connectivity index (χ4v) is 2.48. The van der Waals surface area contributed by atoms with E-state index in [9.17, 15) is 0 Å². The van der Waals surface area contributed by atoms with Crippen LogP contribution in [-0.4, -0.2) is 16.5 Å². The molecule has 1 N–H and O–H groups in total. The summed E-state index contributed by atoms with van der Waals surface area (Å²) in [6.07, 6.45) is 15.3. The van der Waals surface area contributed by atoms with Crippen LogP contribution in [0, 0.1) is 0 Å². The van der Waals surface area contributed by atoms with Gasteiger partial charge in [0.2, 0.25) is 0 Å². The molecule has 1 unspecified atom stereocenters. The number of nitrogens with zero attached hydrogens (tertiary/aromatic N) is 2. The molecule has 0 radical (unpaired) electrons. The van der Waals surface area contributed by atoms with Crippen molar-refractivity contribution in [2.24, 2.45) is 0 Å². The van der Waals surface area contributed by atoms with Crippen LogP contribution in [0.2, 0.25) is 0 Å². The first-order valence-electron chi connectivity index (χ1n) is 7.10. The molecule has 1 aliphatic rings. The van der Waals surface area contributed by atoms with Crippen molar-refractivity contribution in [3.63, 3.8) is 0 Å². The lowest BCUT2D eigenvalue weighted by atomic mass is 9.99. The number of rotatable bonds is 5. The molecule has 3 heteroatoms. The van der Waals surface area contributed by atoms with Gasteiger partial charge >= 0.3 is 0 Å². The summed E-state index contributed by atoms with van der Waals surface area (Å²) >= 11 is 0. The Hall–Kier alpha value is -1.22. The van der Waals surface area contributed by atoms with Crippen molar-refractivity contribution >= 4 is 0 Å². The third kappa shape index (κ3) is 3.64. The zero-order valence-corrected chi connectivity index (χ0v) is 11.2. The summed E-state index contributed by atoms with van der Waals surface area (Å²) in [5.41, 5.74) is 2.56. The van der Waals surface area contributed by atoms with Crippen LogP contribution in [0.25, 0.3) is 0 Å². The highest BCUT2D eigenvalue weighted by atomic mass is 14.9. The van der Waals surface area contributed by atoms with Gasteiger partial charge in [-0.3, -0.25) is 9.97 Å². The summed E-state index contributed by atoms with van der Waals surface area (Å²) in [6.45, 7) is 3.22. The molecule has 1 aromatic heterocycles. The average molecular weight is 245 g/mol. The monoisotopic (exact) mass is 245 g/mol. The van der Waals surface area contributed by atoms with E-state index >= 15 is 0 Å². The largest absolute Gasteiger partial charge is 0.305 e. The number of hydrogen-bond donors (Lipinski definition) is 1. The highest BCUT2D eigenvalue weighted by Gasteiger charge is 2.18. The first kappa shape index (κ1) is 13.2. The van der Waals surface area contributed by atoms with E-state index in [2.05, 4.69) is 28.3 Å². The molecule has 0 fully saturated rings. The molecule has 1 aliphatic carbocycles. The molecule has 2 rings (SSSR count). The molecule has 0 saturated carbocycles. The highest BCUT2D eigenvalue weighted by molar-refractivity contribution is 5.21. The van der Waals surface area contributed by atoms with Gasteiger partial charge in [0, 0.05) is 12.4 Å². The van der Waals surface area contributed by atoms with Crippen molar-refractivity contribution in [1.29, 1.82) is 0 Å². The van der Waals surface area contributed by atoms with Gasteiger partial charge in [-0.15, -0.1) is 0 Å².